The van der Waals surface area contributed by atoms with E-state index in [4.69, 9.17) is 4.52 Å². The quantitative estimate of drug-likeness (QED) is 0.874. The lowest BCUT2D eigenvalue weighted by atomic mass is 10.1. The summed E-state index contributed by atoms with van der Waals surface area (Å²) in [4.78, 5) is 7.89. The number of aryl methyl sites for hydroxylation is 1. The number of hydrogen-bond donors (Lipinski definition) is 1. The first kappa shape index (κ1) is 17.2. The number of alkyl halides is 3. The van der Waals surface area contributed by atoms with Crippen LogP contribution < -0.4 is 0 Å². The Hall–Kier alpha value is -1.19. The van der Waals surface area contributed by atoms with Crippen molar-refractivity contribution < 1.29 is 22.8 Å². The Morgan fingerprint density at radius 3 is 2.27 bits per heavy atom. The van der Waals surface area contributed by atoms with Crippen molar-refractivity contribution >= 4 is 0 Å². The van der Waals surface area contributed by atoms with Gasteiger partial charge in [0.15, 0.2) is 11.4 Å². The van der Waals surface area contributed by atoms with E-state index in [9.17, 15) is 18.3 Å². The first-order chi connectivity index (χ1) is 10.2. The van der Waals surface area contributed by atoms with Crippen molar-refractivity contribution in [1.82, 2.24) is 19.9 Å². The SMILES string of the molecule is CCc1nc(CN2CCN(CC(C)(O)C(F)(F)F)CC2)no1. The Morgan fingerprint density at radius 2 is 1.77 bits per heavy atom. The van der Waals surface area contributed by atoms with Gasteiger partial charge in [0.1, 0.15) is 0 Å². The molecule has 1 aliphatic rings. The largest absolute Gasteiger partial charge is 0.418 e. The molecule has 0 spiro atoms. The van der Waals surface area contributed by atoms with Gasteiger partial charge in [-0.3, -0.25) is 9.80 Å². The maximum Gasteiger partial charge on any atom is 0.418 e. The van der Waals surface area contributed by atoms with E-state index in [1.54, 1.807) is 4.90 Å². The molecule has 2 rings (SSSR count). The van der Waals surface area contributed by atoms with Gasteiger partial charge in [-0.05, 0) is 6.92 Å². The predicted octanol–water partition coefficient (Wildman–Crippen LogP) is 1.06. The van der Waals surface area contributed by atoms with Crippen LogP contribution in [0.4, 0.5) is 13.2 Å². The van der Waals surface area contributed by atoms with Crippen LogP contribution >= 0.6 is 0 Å². The van der Waals surface area contributed by atoms with Gasteiger partial charge >= 0.3 is 6.18 Å². The molecule has 1 N–H and O–H groups in total. The Morgan fingerprint density at radius 1 is 1.18 bits per heavy atom. The van der Waals surface area contributed by atoms with Crippen LogP contribution in [0.3, 0.4) is 0 Å². The Kier molecular flexibility index (Phi) is 5.08. The van der Waals surface area contributed by atoms with E-state index >= 15 is 0 Å². The summed E-state index contributed by atoms with van der Waals surface area (Å²) in [6, 6.07) is 0. The Labute approximate surface area is 126 Å². The van der Waals surface area contributed by atoms with Crippen molar-refractivity contribution in [3.05, 3.63) is 11.7 Å². The third kappa shape index (κ3) is 4.17. The molecule has 0 bridgehead atoms. The van der Waals surface area contributed by atoms with E-state index in [1.807, 2.05) is 6.92 Å². The summed E-state index contributed by atoms with van der Waals surface area (Å²) in [7, 11) is 0. The van der Waals surface area contributed by atoms with Crippen molar-refractivity contribution in [2.45, 2.75) is 38.6 Å². The van der Waals surface area contributed by atoms with Gasteiger partial charge in [-0.15, -0.1) is 0 Å². The van der Waals surface area contributed by atoms with Crippen LogP contribution in [0.2, 0.25) is 0 Å². The van der Waals surface area contributed by atoms with Crippen LogP contribution in [0.15, 0.2) is 4.52 Å². The standard InChI is InChI=1S/C13H21F3N4O2/c1-3-11-17-10(18-22-11)8-19-4-6-20(7-5-19)9-12(2,21)13(14,15)16/h21H,3-9H2,1-2H3. The molecule has 126 valence electrons. The zero-order valence-corrected chi connectivity index (χ0v) is 12.7. The second-order valence-corrected chi connectivity index (χ2v) is 5.78. The zero-order valence-electron chi connectivity index (χ0n) is 12.7. The smallest absolute Gasteiger partial charge is 0.380 e. The third-order valence-electron chi connectivity index (χ3n) is 3.78. The number of aromatic nitrogens is 2. The van der Waals surface area contributed by atoms with E-state index in [-0.39, 0.29) is 0 Å². The number of rotatable bonds is 5. The highest BCUT2D eigenvalue weighted by molar-refractivity contribution is 4.89. The predicted molar refractivity (Wildman–Crippen MR) is 72.1 cm³/mol. The molecule has 0 amide bonds. The van der Waals surface area contributed by atoms with E-state index in [2.05, 4.69) is 15.0 Å². The third-order valence-corrected chi connectivity index (χ3v) is 3.78. The summed E-state index contributed by atoms with van der Waals surface area (Å²) in [5.41, 5.74) is -2.68. The second kappa shape index (κ2) is 6.51. The minimum atomic E-state index is -4.62. The summed E-state index contributed by atoms with van der Waals surface area (Å²) in [5.74, 6) is 1.17. The first-order valence-electron chi connectivity index (χ1n) is 7.26. The maximum atomic E-state index is 12.7. The average Bonchev–Trinajstić information content (AvgIpc) is 2.87. The molecule has 9 heteroatoms. The first-order valence-corrected chi connectivity index (χ1v) is 7.26. The fourth-order valence-corrected chi connectivity index (χ4v) is 2.33. The molecule has 0 radical (unpaired) electrons. The Balaban J connectivity index is 1.80. The molecular weight excluding hydrogens is 301 g/mol. The molecule has 1 saturated heterocycles. The van der Waals surface area contributed by atoms with Crippen LogP contribution in [-0.2, 0) is 13.0 Å². The fraction of sp³-hybridized carbons (Fsp3) is 0.846. The normalized spacial score (nSPS) is 21.0. The summed E-state index contributed by atoms with van der Waals surface area (Å²) in [5, 5.41) is 13.4. The number of β-amino-alcohol motifs (C(OH)–C–C–N with tert-alkyl or cyclic N) is 1. The van der Waals surface area contributed by atoms with Crippen LogP contribution in [0, 0.1) is 0 Å². The van der Waals surface area contributed by atoms with Gasteiger partial charge < -0.3 is 9.63 Å². The summed E-state index contributed by atoms with van der Waals surface area (Å²) in [6.07, 6.45) is -3.95. The number of halogens is 3. The van der Waals surface area contributed by atoms with Crippen molar-refractivity contribution in [2.75, 3.05) is 32.7 Å². The number of piperazine rings is 1. The van der Waals surface area contributed by atoms with E-state index in [0.717, 1.165) is 6.92 Å². The van der Waals surface area contributed by atoms with Gasteiger partial charge in [0, 0.05) is 39.1 Å². The van der Waals surface area contributed by atoms with Gasteiger partial charge in [-0.2, -0.15) is 18.2 Å². The molecule has 1 aliphatic heterocycles. The highest BCUT2D eigenvalue weighted by atomic mass is 19.4. The Bertz CT molecular complexity index is 482. The maximum absolute atomic E-state index is 12.7. The van der Waals surface area contributed by atoms with Crippen molar-refractivity contribution in [3.8, 4) is 0 Å². The molecule has 1 aromatic heterocycles. The molecule has 1 fully saturated rings. The number of aliphatic hydroxyl groups is 1. The molecule has 22 heavy (non-hydrogen) atoms. The highest BCUT2D eigenvalue weighted by Crippen LogP contribution is 2.30. The summed E-state index contributed by atoms with van der Waals surface area (Å²) >= 11 is 0. The monoisotopic (exact) mass is 322 g/mol. The van der Waals surface area contributed by atoms with E-state index in [1.165, 1.54) is 0 Å². The average molecular weight is 322 g/mol. The van der Waals surface area contributed by atoms with Crippen LogP contribution in [0.5, 0.6) is 0 Å². The van der Waals surface area contributed by atoms with Crippen LogP contribution in [0.1, 0.15) is 25.6 Å². The summed E-state index contributed by atoms with van der Waals surface area (Å²) < 4.78 is 43.0. The molecule has 1 unspecified atom stereocenters. The second-order valence-electron chi connectivity index (χ2n) is 5.78. The van der Waals surface area contributed by atoms with Crippen molar-refractivity contribution in [1.29, 1.82) is 0 Å². The molecule has 0 aliphatic carbocycles. The van der Waals surface area contributed by atoms with Crippen LogP contribution in [0.25, 0.3) is 0 Å². The number of hydrogen-bond acceptors (Lipinski definition) is 6. The molecule has 1 aromatic rings. The van der Waals surface area contributed by atoms with Crippen molar-refractivity contribution in [3.63, 3.8) is 0 Å². The fourth-order valence-electron chi connectivity index (χ4n) is 2.33. The molecule has 1 atom stereocenters. The lowest BCUT2D eigenvalue weighted by molar-refractivity contribution is -0.258. The summed E-state index contributed by atoms with van der Waals surface area (Å²) in [6.45, 7) is 4.97. The minimum Gasteiger partial charge on any atom is -0.380 e. The molecule has 6 nitrogen and oxygen atoms in total. The molecule has 2 heterocycles. The molecular formula is C13H21F3N4O2. The van der Waals surface area contributed by atoms with Gasteiger partial charge in [0.2, 0.25) is 5.89 Å². The van der Waals surface area contributed by atoms with Gasteiger partial charge in [-0.25, -0.2) is 0 Å². The van der Waals surface area contributed by atoms with Gasteiger partial charge in [0.05, 0.1) is 6.54 Å². The number of nitrogens with zero attached hydrogens (tertiary/aromatic N) is 4. The lowest BCUT2D eigenvalue weighted by Gasteiger charge is -2.38. The van der Waals surface area contributed by atoms with E-state index < -0.39 is 18.3 Å². The molecule has 0 aromatic carbocycles. The minimum absolute atomic E-state index is 0.410. The van der Waals surface area contributed by atoms with Gasteiger partial charge in [0.25, 0.3) is 0 Å². The molecule has 0 saturated carbocycles. The zero-order chi connectivity index (χ0) is 16.4. The van der Waals surface area contributed by atoms with Gasteiger partial charge in [-0.1, -0.05) is 12.1 Å². The van der Waals surface area contributed by atoms with Crippen molar-refractivity contribution in [2.24, 2.45) is 0 Å². The lowest BCUT2D eigenvalue weighted by Crippen LogP contribution is -2.55. The van der Waals surface area contributed by atoms with Crippen LogP contribution in [-0.4, -0.2) is 69.5 Å². The topological polar surface area (TPSA) is 65.6 Å². The highest BCUT2D eigenvalue weighted by Gasteiger charge is 2.50. The van der Waals surface area contributed by atoms with E-state index in [0.29, 0.717) is 50.9 Å².